The molecule has 1 N–H and O–H groups in total. The molecule has 0 aliphatic rings. The van der Waals surface area contributed by atoms with Crippen LogP contribution in [0.3, 0.4) is 0 Å². The number of nitrogens with zero attached hydrogens (tertiary/aromatic N) is 1. The van der Waals surface area contributed by atoms with Crippen LogP contribution >= 0.6 is 0 Å². The molecule has 4 heteroatoms. The Labute approximate surface area is 165 Å². The number of methoxy groups -OCH3 is 1. The quantitative estimate of drug-likeness (QED) is 0.493. The number of allylic oxidation sites excluding steroid dienone is 1. The Morgan fingerprint density at radius 1 is 0.929 bits per heavy atom. The molecular weight excluding hydrogens is 348 g/mol. The van der Waals surface area contributed by atoms with Crippen molar-refractivity contribution in [2.75, 3.05) is 7.11 Å². The number of carbonyl (C=O) groups excluding carboxylic acids is 1. The van der Waals surface area contributed by atoms with Crippen molar-refractivity contribution in [3.8, 4) is 5.75 Å². The fourth-order valence-electron chi connectivity index (χ4n) is 2.64. The molecular formula is C24H22N2O2. The second-order valence-corrected chi connectivity index (χ2v) is 6.17. The molecule has 28 heavy (non-hydrogen) atoms. The normalized spacial score (nSPS) is 11.4. The van der Waals surface area contributed by atoms with E-state index < -0.39 is 0 Å². The predicted molar refractivity (Wildman–Crippen MR) is 113 cm³/mol. The van der Waals surface area contributed by atoms with Gasteiger partial charge in [-0.25, -0.2) is 5.43 Å². The number of carbonyl (C=O) groups is 1. The summed E-state index contributed by atoms with van der Waals surface area (Å²) in [6.45, 7) is 0. The lowest BCUT2D eigenvalue weighted by molar-refractivity contribution is -0.120. The molecule has 0 heterocycles. The molecule has 3 rings (SSSR count). The minimum absolute atomic E-state index is 0.174. The molecule has 0 radical (unpaired) electrons. The molecule has 3 aromatic carbocycles. The highest BCUT2D eigenvalue weighted by Crippen LogP contribution is 2.12. The Balaban J connectivity index is 1.72. The van der Waals surface area contributed by atoms with E-state index in [-0.39, 0.29) is 12.3 Å². The highest BCUT2D eigenvalue weighted by molar-refractivity contribution is 6.11. The van der Waals surface area contributed by atoms with Crippen LogP contribution in [0.4, 0.5) is 0 Å². The van der Waals surface area contributed by atoms with Gasteiger partial charge in [-0.3, -0.25) is 4.79 Å². The van der Waals surface area contributed by atoms with Crippen LogP contribution < -0.4 is 10.2 Å². The van der Waals surface area contributed by atoms with Crippen molar-refractivity contribution >= 4 is 17.7 Å². The molecule has 0 unspecified atom stereocenters. The number of hydrazone groups is 1. The molecule has 0 saturated carbocycles. The summed E-state index contributed by atoms with van der Waals surface area (Å²) in [5, 5.41) is 4.34. The monoisotopic (exact) mass is 370 g/mol. The first-order valence-electron chi connectivity index (χ1n) is 9.02. The number of hydrogen-bond acceptors (Lipinski definition) is 3. The Kier molecular flexibility index (Phi) is 6.74. The molecule has 1 amide bonds. The minimum atomic E-state index is -0.174. The third kappa shape index (κ3) is 5.68. The molecule has 4 nitrogen and oxygen atoms in total. The number of rotatable bonds is 7. The fraction of sp³-hybridized carbons (Fsp3) is 0.0833. The van der Waals surface area contributed by atoms with Crippen LogP contribution in [0.5, 0.6) is 5.75 Å². The third-order valence-corrected chi connectivity index (χ3v) is 4.13. The maximum Gasteiger partial charge on any atom is 0.244 e. The second-order valence-electron chi connectivity index (χ2n) is 6.17. The van der Waals surface area contributed by atoms with E-state index in [0.29, 0.717) is 5.71 Å². The van der Waals surface area contributed by atoms with Gasteiger partial charge in [-0.1, -0.05) is 78.9 Å². The maximum absolute atomic E-state index is 12.3. The highest BCUT2D eigenvalue weighted by atomic mass is 16.5. The van der Waals surface area contributed by atoms with Gasteiger partial charge in [-0.15, -0.1) is 0 Å². The number of amides is 1. The van der Waals surface area contributed by atoms with Crippen LogP contribution in [0.1, 0.15) is 16.7 Å². The van der Waals surface area contributed by atoms with E-state index in [4.69, 9.17) is 4.74 Å². The summed E-state index contributed by atoms with van der Waals surface area (Å²) in [5.41, 5.74) is 6.24. The SMILES string of the molecule is COc1ccc(CC(=O)NN=C(C=Cc2ccccc2)c2ccccc2)cc1. The van der Waals surface area contributed by atoms with Gasteiger partial charge in [0.15, 0.2) is 0 Å². The molecule has 0 spiro atoms. The molecule has 0 saturated heterocycles. The average Bonchev–Trinajstić information content (AvgIpc) is 2.75. The topological polar surface area (TPSA) is 50.7 Å². The Bertz CT molecular complexity index is 947. The van der Waals surface area contributed by atoms with Crippen molar-refractivity contribution in [3.63, 3.8) is 0 Å². The van der Waals surface area contributed by atoms with Gasteiger partial charge in [0.25, 0.3) is 0 Å². The molecule has 0 aromatic heterocycles. The zero-order valence-corrected chi connectivity index (χ0v) is 15.7. The van der Waals surface area contributed by atoms with Gasteiger partial charge in [0.05, 0.1) is 19.2 Å². The predicted octanol–water partition coefficient (Wildman–Crippen LogP) is 4.47. The second kappa shape index (κ2) is 9.88. The van der Waals surface area contributed by atoms with Crippen LogP contribution in [0.15, 0.2) is 96.1 Å². The van der Waals surface area contributed by atoms with Gasteiger partial charge in [0.2, 0.25) is 5.91 Å². The maximum atomic E-state index is 12.3. The Morgan fingerprint density at radius 2 is 1.57 bits per heavy atom. The summed E-state index contributed by atoms with van der Waals surface area (Å²) in [7, 11) is 1.62. The highest BCUT2D eigenvalue weighted by Gasteiger charge is 2.05. The summed E-state index contributed by atoms with van der Waals surface area (Å²) in [6.07, 6.45) is 4.12. The van der Waals surface area contributed by atoms with Crippen molar-refractivity contribution in [3.05, 3.63) is 108 Å². The first-order chi connectivity index (χ1) is 13.7. The summed E-state index contributed by atoms with van der Waals surface area (Å²) in [6, 6.07) is 27.1. The van der Waals surface area contributed by atoms with E-state index >= 15 is 0 Å². The summed E-state index contributed by atoms with van der Waals surface area (Å²) in [5.74, 6) is 0.589. The fourth-order valence-corrected chi connectivity index (χ4v) is 2.64. The average molecular weight is 370 g/mol. The number of hydrogen-bond donors (Lipinski definition) is 1. The summed E-state index contributed by atoms with van der Waals surface area (Å²) >= 11 is 0. The lowest BCUT2D eigenvalue weighted by Crippen LogP contribution is -2.21. The van der Waals surface area contributed by atoms with Crippen molar-refractivity contribution in [1.82, 2.24) is 5.43 Å². The third-order valence-electron chi connectivity index (χ3n) is 4.13. The largest absolute Gasteiger partial charge is 0.497 e. The minimum Gasteiger partial charge on any atom is -0.497 e. The molecule has 0 aliphatic heterocycles. The number of benzene rings is 3. The standard InChI is InChI=1S/C24H22N2O2/c1-28-22-15-12-20(13-16-22)18-24(27)26-25-23(21-10-6-3-7-11-21)17-14-19-8-4-2-5-9-19/h2-17H,18H2,1H3,(H,26,27). The van der Waals surface area contributed by atoms with E-state index in [0.717, 1.165) is 22.4 Å². The van der Waals surface area contributed by atoms with Crippen LogP contribution in [0.25, 0.3) is 6.08 Å². The van der Waals surface area contributed by atoms with Gasteiger partial charge < -0.3 is 4.74 Å². The molecule has 0 fully saturated rings. The van der Waals surface area contributed by atoms with Crippen LogP contribution in [0.2, 0.25) is 0 Å². The van der Waals surface area contributed by atoms with Crippen LogP contribution in [-0.2, 0) is 11.2 Å². The van der Waals surface area contributed by atoms with Gasteiger partial charge in [-0.2, -0.15) is 5.10 Å². The number of ether oxygens (including phenoxy) is 1. The molecule has 0 atom stereocenters. The Hall–Kier alpha value is -3.66. The van der Waals surface area contributed by atoms with Crippen molar-refractivity contribution in [2.24, 2.45) is 5.10 Å². The molecule has 140 valence electrons. The van der Waals surface area contributed by atoms with Gasteiger partial charge >= 0.3 is 0 Å². The first kappa shape index (κ1) is 19.1. The van der Waals surface area contributed by atoms with Gasteiger partial charge in [0.1, 0.15) is 5.75 Å². The van der Waals surface area contributed by atoms with Crippen molar-refractivity contribution in [1.29, 1.82) is 0 Å². The van der Waals surface area contributed by atoms with Gasteiger partial charge in [-0.05, 0) is 29.3 Å². The van der Waals surface area contributed by atoms with E-state index in [1.807, 2.05) is 97.1 Å². The van der Waals surface area contributed by atoms with Crippen molar-refractivity contribution < 1.29 is 9.53 Å². The lowest BCUT2D eigenvalue weighted by atomic mass is 10.1. The van der Waals surface area contributed by atoms with E-state index in [2.05, 4.69) is 10.5 Å². The smallest absolute Gasteiger partial charge is 0.244 e. The van der Waals surface area contributed by atoms with E-state index in [1.165, 1.54) is 0 Å². The van der Waals surface area contributed by atoms with Crippen molar-refractivity contribution in [2.45, 2.75) is 6.42 Å². The molecule has 3 aromatic rings. The summed E-state index contributed by atoms with van der Waals surface area (Å²) < 4.78 is 5.14. The molecule has 0 aliphatic carbocycles. The van der Waals surface area contributed by atoms with E-state index in [9.17, 15) is 4.79 Å². The Morgan fingerprint density at radius 3 is 2.21 bits per heavy atom. The molecule has 0 bridgehead atoms. The number of nitrogens with one attached hydrogen (secondary N) is 1. The lowest BCUT2D eigenvalue weighted by Gasteiger charge is -2.05. The zero-order valence-electron chi connectivity index (χ0n) is 15.7. The summed E-state index contributed by atoms with van der Waals surface area (Å²) in [4.78, 5) is 12.3. The van der Waals surface area contributed by atoms with Crippen LogP contribution in [-0.4, -0.2) is 18.7 Å². The van der Waals surface area contributed by atoms with Crippen LogP contribution in [0, 0.1) is 0 Å². The van der Waals surface area contributed by atoms with Gasteiger partial charge in [0, 0.05) is 5.56 Å². The zero-order chi connectivity index (χ0) is 19.6. The first-order valence-corrected chi connectivity index (χ1v) is 9.02. The van der Waals surface area contributed by atoms with E-state index in [1.54, 1.807) is 7.11 Å².